The van der Waals surface area contributed by atoms with Gasteiger partial charge in [-0.05, 0) is 39.3 Å². The summed E-state index contributed by atoms with van der Waals surface area (Å²) in [6.07, 6.45) is 2.91. The number of carbonyl (C=O) groups is 2. The fourth-order valence-corrected chi connectivity index (χ4v) is 2.79. The molecule has 0 atom stereocenters. The summed E-state index contributed by atoms with van der Waals surface area (Å²) in [6, 6.07) is 0.265. The van der Waals surface area contributed by atoms with E-state index in [9.17, 15) is 9.59 Å². The summed E-state index contributed by atoms with van der Waals surface area (Å²) in [6.45, 7) is 10.7. The Morgan fingerprint density at radius 2 is 1.86 bits per heavy atom. The number of hydrogen-bond donors (Lipinski definition) is 1. The number of hydrogen-bond acceptors (Lipinski definition) is 5. The molecular weight excluding hydrogens is 282 g/mol. The van der Waals surface area contributed by atoms with Gasteiger partial charge in [0.15, 0.2) is 0 Å². The van der Waals surface area contributed by atoms with Crippen molar-refractivity contribution in [1.82, 2.24) is 15.1 Å². The first-order valence-electron chi connectivity index (χ1n) is 8.48. The van der Waals surface area contributed by atoms with Crippen LogP contribution in [0.3, 0.4) is 0 Å². The lowest BCUT2D eigenvalue weighted by molar-refractivity contribution is -0.144. The normalized spacial score (nSPS) is 16.7. The molecule has 0 unspecified atom stereocenters. The molecule has 128 valence electrons. The van der Waals surface area contributed by atoms with Crippen LogP contribution < -0.4 is 5.32 Å². The van der Waals surface area contributed by atoms with Crippen LogP contribution in [0.2, 0.25) is 0 Å². The fraction of sp³-hybridized carbons (Fsp3) is 0.875. The van der Waals surface area contributed by atoms with Crippen molar-refractivity contribution in [2.75, 3.05) is 45.9 Å². The highest BCUT2D eigenvalue weighted by Gasteiger charge is 2.21. The number of piperidine rings is 1. The van der Waals surface area contributed by atoms with Crippen molar-refractivity contribution in [2.24, 2.45) is 0 Å². The van der Waals surface area contributed by atoms with E-state index in [1.807, 2.05) is 11.8 Å². The minimum absolute atomic E-state index is 0.00713. The van der Waals surface area contributed by atoms with Crippen LogP contribution in [0.25, 0.3) is 0 Å². The fourth-order valence-electron chi connectivity index (χ4n) is 2.79. The summed E-state index contributed by atoms with van der Waals surface area (Å²) in [5.74, 6) is -0.257. The molecule has 0 spiro atoms. The predicted octanol–water partition coefficient (Wildman–Crippen LogP) is 0.862. The van der Waals surface area contributed by atoms with Gasteiger partial charge in [-0.2, -0.15) is 0 Å². The quantitative estimate of drug-likeness (QED) is 0.640. The third kappa shape index (κ3) is 7.22. The van der Waals surface area contributed by atoms with Crippen molar-refractivity contribution in [3.05, 3.63) is 0 Å². The summed E-state index contributed by atoms with van der Waals surface area (Å²) < 4.78 is 4.96. The lowest BCUT2D eigenvalue weighted by Gasteiger charge is -2.32. The average Bonchev–Trinajstić information content (AvgIpc) is 2.48. The minimum atomic E-state index is -0.264. The van der Waals surface area contributed by atoms with E-state index < -0.39 is 0 Å². The van der Waals surface area contributed by atoms with Crippen LogP contribution in [0.1, 0.15) is 40.0 Å². The molecular formula is C16H31N3O3. The molecule has 0 aromatic rings. The zero-order valence-corrected chi connectivity index (χ0v) is 14.3. The van der Waals surface area contributed by atoms with E-state index in [0.717, 1.165) is 45.4 Å². The molecule has 1 N–H and O–H groups in total. The summed E-state index contributed by atoms with van der Waals surface area (Å²) in [5, 5.41) is 3.10. The summed E-state index contributed by atoms with van der Waals surface area (Å²) in [5.41, 5.74) is 0. The van der Waals surface area contributed by atoms with Crippen LogP contribution >= 0.6 is 0 Å². The Hall–Kier alpha value is -1.14. The number of amides is 1. The molecule has 1 aliphatic rings. The van der Waals surface area contributed by atoms with Crippen LogP contribution in [-0.2, 0) is 14.3 Å². The molecule has 0 bridgehead atoms. The van der Waals surface area contributed by atoms with Gasteiger partial charge in [0.1, 0.15) is 0 Å². The molecule has 1 rings (SSSR count). The first-order chi connectivity index (χ1) is 10.6. The maximum absolute atomic E-state index is 12.2. The number of carbonyl (C=O) groups excluding carboxylic acids is 2. The van der Waals surface area contributed by atoms with Gasteiger partial charge in [-0.25, -0.2) is 0 Å². The van der Waals surface area contributed by atoms with E-state index >= 15 is 0 Å². The number of nitrogens with one attached hydrogen (secondary N) is 1. The third-order valence-corrected chi connectivity index (χ3v) is 3.96. The largest absolute Gasteiger partial charge is 0.465 e. The summed E-state index contributed by atoms with van der Waals surface area (Å²) in [4.78, 5) is 28.0. The smallest absolute Gasteiger partial charge is 0.320 e. The molecule has 6 heteroatoms. The Bertz CT molecular complexity index is 342. The van der Waals surface area contributed by atoms with Crippen LogP contribution in [0.4, 0.5) is 0 Å². The zero-order chi connectivity index (χ0) is 16.4. The standard InChI is InChI=1S/C16H31N3O3/c1-4-9-19(13-16(21)22-6-3)12-15(20)17-14-7-10-18(5-2)11-8-14/h14H,4-13H2,1-3H3,(H,17,20). The maximum Gasteiger partial charge on any atom is 0.320 e. The van der Waals surface area contributed by atoms with Crippen molar-refractivity contribution in [3.63, 3.8) is 0 Å². The van der Waals surface area contributed by atoms with Gasteiger partial charge < -0.3 is 15.0 Å². The first-order valence-corrected chi connectivity index (χ1v) is 8.48. The average molecular weight is 313 g/mol. The van der Waals surface area contributed by atoms with Gasteiger partial charge >= 0.3 is 5.97 Å². The molecule has 0 radical (unpaired) electrons. The summed E-state index contributed by atoms with van der Waals surface area (Å²) in [7, 11) is 0. The van der Waals surface area contributed by atoms with E-state index in [4.69, 9.17) is 4.74 Å². The van der Waals surface area contributed by atoms with Gasteiger partial charge in [0.2, 0.25) is 5.91 Å². The van der Waals surface area contributed by atoms with Crippen LogP contribution in [0, 0.1) is 0 Å². The molecule has 0 saturated carbocycles. The highest BCUT2D eigenvalue weighted by Crippen LogP contribution is 2.09. The molecule has 1 aliphatic heterocycles. The highest BCUT2D eigenvalue weighted by molar-refractivity contribution is 5.79. The Labute approximate surface area is 134 Å². The van der Waals surface area contributed by atoms with Gasteiger partial charge in [0.25, 0.3) is 0 Å². The van der Waals surface area contributed by atoms with Crippen LogP contribution in [-0.4, -0.2) is 73.6 Å². The van der Waals surface area contributed by atoms with Crippen molar-refractivity contribution < 1.29 is 14.3 Å². The van der Waals surface area contributed by atoms with Crippen molar-refractivity contribution in [2.45, 2.75) is 46.1 Å². The molecule has 1 heterocycles. The molecule has 0 aromatic carbocycles. The van der Waals surface area contributed by atoms with E-state index in [2.05, 4.69) is 17.1 Å². The zero-order valence-electron chi connectivity index (χ0n) is 14.3. The van der Waals surface area contributed by atoms with E-state index in [1.54, 1.807) is 6.92 Å². The Kier molecular flexibility index (Phi) is 9.08. The Balaban J connectivity index is 2.35. The molecule has 0 aromatic heterocycles. The van der Waals surface area contributed by atoms with Crippen molar-refractivity contribution >= 4 is 11.9 Å². The first kappa shape index (κ1) is 18.9. The molecule has 1 saturated heterocycles. The Morgan fingerprint density at radius 1 is 1.18 bits per heavy atom. The van der Waals surface area contributed by atoms with Gasteiger partial charge in [0.05, 0.1) is 19.7 Å². The third-order valence-electron chi connectivity index (χ3n) is 3.96. The van der Waals surface area contributed by atoms with Gasteiger partial charge in [-0.1, -0.05) is 13.8 Å². The van der Waals surface area contributed by atoms with E-state index in [1.165, 1.54) is 0 Å². The van der Waals surface area contributed by atoms with Gasteiger partial charge in [-0.15, -0.1) is 0 Å². The number of esters is 1. The van der Waals surface area contributed by atoms with Gasteiger partial charge in [-0.3, -0.25) is 14.5 Å². The molecule has 6 nitrogen and oxygen atoms in total. The summed E-state index contributed by atoms with van der Waals surface area (Å²) >= 11 is 0. The SMILES string of the molecule is CCCN(CC(=O)NC1CCN(CC)CC1)CC(=O)OCC. The maximum atomic E-state index is 12.2. The lowest BCUT2D eigenvalue weighted by Crippen LogP contribution is -2.48. The topological polar surface area (TPSA) is 61.9 Å². The number of ether oxygens (including phenoxy) is 1. The Morgan fingerprint density at radius 3 is 2.41 bits per heavy atom. The molecule has 22 heavy (non-hydrogen) atoms. The minimum Gasteiger partial charge on any atom is -0.465 e. The number of likely N-dealkylation sites (tertiary alicyclic amines) is 1. The lowest BCUT2D eigenvalue weighted by atomic mass is 10.1. The monoisotopic (exact) mass is 313 g/mol. The molecule has 0 aliphatic carbocycles. The van der Waals surface area contributed by atoms with Crippen molar-refractivity contribution in [3.8, 4) is 0 Å². The van der Waals surface area contributed by atoms with E-state index in [-0.39, 0.29) is 31.0 Å². The second kappa shape index (κ2) is 10.6. The highest BCUT2D eigenvalue weighted by atomic mass is 16.5. The van der Waals surface area contributed by atoms with Gasteiger partial charge in [0, 0.05) is 19.1 Å². The second-order valence-electron chi connectivity index (χ2n) is 5.79. The van der Waals surface area contributed by atoms with E-state index in [0.29, 0.717) is 6.61 Å². The number of nitrogens with zero attached hydrogens (tertiary/aromatic N) is 2. The van der Waals surface area contributed by atoms with Crippen LogP contribution in [0.15, 0.2) is 0 Å². The number of rotatable bonds is 9. The van der Waals surface area contributed by atoms with Crippen molar-refractivity contribution in [1.29, 1.82) is 0 Å². The predicted molar refractivity (Wildman–Crippen MR) is 86.6 cm³/mol. The molecule has 1 fully saturated rings. The van der Waals surface area contributed by atoms with Crippen LogP contribution in [0.5, 0.6) is 0 Å². The molecule has 1 amide bonds. The second-order valence-corrected chi connectivity index (χ2v) is 5.79.